The van der Waals surface area contributed by atoms with Crippen molar-refractivity contribution < 1.29 is 9.90 Å². The van der Waals surface area contributed by atoms with Crippen LogP contribution in [0.3, 0.4) is 0 Å². The number of rotatable bonds is 3. The lowest BCUT2D eigenvalue weighted by Gasteiger charge is -2.26. The molecule has 3 heteroatoms. The molecule has 0 saturated carbocycles. The fourth-order valence-electron chi connectivity index (χ4n) is 1.93. The van der Waals surface area contributed by atoms with E-state index in [4.69, 9.17) is 5.73 Å². The Hall–Kier alpha value is -2.13. The molecule has 0 bridgehead atoms. The van der Waals surface area contributed by atoms with Crippen LogP contribution in [0.15, 0.2) is 54.6 Å². The van der Waals surface area contributed by atoms with Gasteiger partial charge in [-0.2, -0.15) is 0 Å². The molecule has 2 aromatic rings. The monoisotopic (exact) mass is 241 g/mol. The summed E-state index contributed by atoms with van der Waals surface area (Å²) in [6.07, 6.45) is 0. The van der Waals surface area contributed by atoms with Gasteiger partial charge < -0.3 is 10.8 Å². The van der Waals surface area contributed by atoms with Gasteiger partial charge >= 0.3 is 5.97 Å². The molecule has 0 fully saturated rings. The Morgan fingerprint density at radius 2 is 1.50 bits per heavy atom. The van der Waals surface area contributed by atoms with Crippen molar-refractivity contribution >= 4 is 5.97 Å². The van der Waals surface area contributed by atoms with E-state index in [2.05, 4.69) is 0 Å². The Balaban J connectivity index is 2.58. The molecule has 0 aliphatic heterocycles. The normalized spacial score (nSPS) is 13.9. The molecule has 3 N–H and O–H groups in total. The van der Waals surface area contributed by atoms with Gasteiger partial charge in [-0.05, 0) is 18.1 Å². The van der Waals surface area contributed by atoms with E-state index in [9.17, 15) is 9.90 Å². The second kappa shape index (κ2) is 4.63. The summed E-state index contributed by atoms with van der Waals surface area (Å²) in [7, 11) is 0. The summed E-state index contributed by atoms with van der Waals surface area (Å²) in [5.41, 5.74) is 6.84. The number of benzene rings is 2. The molecule has 92 valence electrons. The van der Waals surface area contributed by atoms with Gasteiger partial charge in [-0.25, -0.2) is 4.79 Å². The van der Waals surface area contributed by atoms with Gasteiger partial charge in [0, 0.05) is 0 Å². The predicted molar refractivity (Wildman–Crippen MR) is 70.2 cm³/mol. The first-order valence-corrected chi connectivity index (χ1v) is 5.70. The second-order valence-electron chi connectivity index (χ2n) is 4.35. The first-order valence-electron chi connectivity index (χ1n) is 5.70. The topological polar surface area (TPSA) is 63.3 Å². The standard InChI is InChI=1S/C15H15NO2/c1-11-7-9-13(10-8-11)15(16,14(17)18)12-5-3-2-4-6-12/h2-10H,16H2,1H3,(H,17,18)/t15-/m0/s1. The van der Waals surface area contributed by atoms with Crippen LogP contribution in [0.4, 0.5) is 0 Å². The maximum atomic E-state index is 11.6. The van der Waals surface area contributed by atoms with Crippen LogP contribution in [0, 0.1) is 6.92 Å². The van der Waals surface area contributed by atoms with E-state index >= 15 is 0 Å². The number of carboxylic acids is 1. The minimum absolute atomic E-state index is 0.571. The van der Waals surface area contributed by atoms with Crippen LogP contribution < -0.4 is 5.73 Å². The molecule has 2 aromatic carbocycles. The van der Waals surface area contributed by atoms with Gasteiger partial charge in [0.05, 0.1) is 0 Å². The lowest BCUT2D eigenvalue weighted by atomic mass is 9.83. The lowest BCUT2D eigenvalue weighted by molar-refractivity contribution is -0.142. The number of aliphatic carboxylic acids is 1. The van der Waals surface area contributed by atoms with Crippen LogP contribution in [0.1, 0.15) is 16.7 Å². The second-order valence-corrected chi connectivity index (χ2v) is 4.35. The number of aryl methyl sites for hydroxylation is 1. The van der Waals surface area contributed by atoms with E-state index in [1.165, 1.54) is 0 Å². The molecule has 0 unspecified atom stereocenters. The highest BCUT2D eigenvalue weighted by Crippen LogP contribution is 2.27. The summed E-state index contributed by atoms with van der Waals surface area (Å²) in [6, 6.07) is 16.1. The Morgan fingerprint density at radius 1 is 1.00 bits per heavy atom. The third-order valence-electron chi connectivity index (χ3n) is 3.07. The number of carboxylic acid groups (broad SMARTS) is 1. The van der Waals surface area contributed by atoms with E-state index < -0.39 is 11.5 Å². The quantitative estimate of drug-likeness (QED) is 0.866. The Kier molecular flexibility index (Phi) is 3.17. The predicted octanol–water partition coefficient (Wildman–Crippen LogP) is 2.28. The average Bonchev–Trinajstić information content (AvgIpc) is 2.39. The number of carbonyl (C=O) groups is 1. The van der Waals surface area contributed by atoms with Crippen molar-refractivity contribution in [3.8, 4) is 0 Å². The summed E-state index contributed by atoms with van der Waals surface area (Å²) in [4.78, 5) is 11.6. The number of hydrogen-bond donors (Lipinski definition) is 2. The summed E-state index contributed by atoms with van der Waals surface area (Å²) in [5, 5.41) is 9.48. The van der Waals surface area contributed by atoms with Crippen molar-refractivity contribution in [2.45, 2.75) is 12.5 Å². The molecule has 1 atom stereocenters. The molecule has 2 rings (SSSR count). The minimum atomic E-state index is -1.51. The van der Waals surface area contributed by atoms with Crippen LogP contribution in [0.5, 0.6) is 0 Å². The fourth-order valence-corrected chi connectivity index (χ4v) is 1.93. The third kappa shape index (κ3) is 2.00. The van der Waals surface area contributed by atoms with Gasteiger partial charge in [0.15, 0.2) is 5.54 Å². The number of hydrogen-bond acceptors (Lipinski definition) is 2. The molecule has 0 aliphatic rings. The third-order valence-corrected chi connectivity index (χ3v) is 3.07. The van der Waals surface area contributed by atoms with Gasteiger partial charge in [-0.3, -0.25) is 0 Å². The molecule has 0 saturated heterocycles. The van der Waals surface area contributed by atoms with Crippen LogP contribution in [-0.4, -0.2) is 11.1 Å². The maximum absolute atomic E-state index is 11.6. The number of nitrogens with two attached hydrogens (primary N) is 1. The van der Waals surface area contributed by atoms with E-state index in [-0.39, 0.29) is 0 Å². The minimum Gasteiger partial charge on any atom is -0.479 e. The first-order chi connectivity index (χ1) is 8.55. The highest BCUT2D eigenvalue weighted by molar-refractivity contribution is 5.85. The SMILES string of the molecule is Cc1ccc([C@](N)(C(=O)O)c2ccccc2)cc1. The Morgan fingerprint density at radius 3 is 2.00 bits per heavy atom. The summed E-state index contributed by atoms with van der Waals surface area (Å²) < 4.78 is 0. The van der Waals surface area contributed by atoms with Gasteiger partial charge in [0.2, 0.25) is 0 Å². The molecule has 0 heterocycles. The average molecular weight is 241 g/mol. The molecular weight excluding hydrogens is 226 g/mol. The highest BCUT2D eigenvalue weighted by atomic mass is 16.4. The van der Waals surface area contributed by atoms with E-state index in [1.807, 2.05) is 25.1 Å². The molecule has 3 nitrogen and oxygen atoms in total. The van der Waals surface area contributed by atoms with Crippen molar-refractivity contribution in [2.75, 3.05) is 0 Å². The van der Waals surface area contributed by atoms with Gasteiger partial charge in [-0.1, -0.05) is 60.2 Å². The van der Waals surface area contributed by atoms with Crippen LogP contribution in [0.25, 0.3) is 0 Å². The van der Waals surface area contributed by atoms with Crippen LogP contribution in [-0.2, 0) is 10.3 Å². The van der Waals surface area contributed by atoms with Gasteiger partial charge in [0.25, 0.3) is 0 Å². The van der Waals surface area contributed by atoms with Crippen LogP contribution in [0.2, 0.25) is 0 Å². The van der Waals surface area contributed by atoms with Crippen LogP contribution >= 0.6 is 0 Å². The Labute approximate surface area is 106 Å². The van der Waals surface area contributed by atoms with E-state index in [0.717, 1.165) is 5.56 Å². The highest BCUT2D eigenvalue weighted by Gasteiger charge is 2.37. The molecule has 18 heavy (non-hydrogen) atoms. The molecule has 0 radical (unpaired) electrons. The maximum Gasteiger partial charge on any atom is 0.333 e. The van der Waals surface area contributed by atoms with Gasteiger partial charge in [0.1, 0.15) is 0 Å². The molecule has 0 spiro atoms. The largest absolute Gasteiger partial charge is 0.479 e. The van der Waals surface area contributed by atoms with Crippen molar-refractivity contribution in [2.24, 2.45) is 5.73 Å². The summed E-state index contributed by atoms with van der Waals surface area (Å²) in [5.74, 6) is -1.06. The molecule has 0 amide bonds. The lowest BCUT2D eigenvalue weighted by Crippen LogP contribution is -2.45. The van der Waals surface area contributed by atoms with E-state index in [1.54, 1.807) is 36.4 Å². The zero-order valence-electron chi connectivity index (χ0n) is 10.1. The van der Waals surface area contributed by atoms with Gasteiger partial charge in [-0.15, -0.1) is 0 Å². The molecule has 0 aliphatic carbocycles. The van der Waals surface area contributed by atoms with Crippen molar-refractivity contribution in [3.63, 3.8) is 0 Å². The molecular formula is C15H15NO2. The fraction of sp³-hybridized carbons (Fsp3) is 0.133. The zero-order valence-corrected chi connectivity index (χ0v) is 10.1. The first kappa shape index (κ1) is 12.3. The Bertz CT molecular complexity index is 548. The zero-order chi connectivity index (χ0) is 13.2. The van der Waals surface area contributed by atoms with Crippen molar-refractivity contribution in [1.82, 2.24) is 0 Å². The summed E-state index contributed by atoms with van der Waals surface area (Å²) >= 11 is 0. The van der Waals surface area contributed by atoms with E-state index in [0.29, 0.717) is 11.1 Å². The summed E-state index contributed by atoms with van der Waals surface area (Å²) in [6.45, 7) is 1.95. The molecule has 0 aromatic heterocycles. The van der Waals surface area contributed by atoms with Crippen molar-refractivity contribution in [1.29, 1.82) is 0 Å². The smallest absolute Gasteiger partial charge is 0.333 e. The van der Waals surface area contributed by atoms with Crippen molar-refractivity contribution in [3.05, 3.63) is 71.3 Å².